The maximum atomic E-state index is 10.7. The first-order valence-electron chi connectivity index (χ1n) is 8.02. The lowest BCUT2D eigenvalue weighted by Gasteiger charge is -2.16. The van der Waals surface area contributed by atoms with E-state index in [0.29, 0.717) is 0 Å². The first kappa shape index (κ1) is 16.5. The zero-order valence-electron chi connectivity index (χ0n) is 13.2. The minimum absolute atomic E-state index is 0.600. The number of aliphatic hydroxyl groups is 1. The van der Waals surface area contributed by atoms with Crippen molar-refractivity contribution in [3.05, 3.63) is 77.9 Å². The van der Waals surface area contributed by atoms with E-state index in [-0.39, 0.29) is 0 Å². The van der Waals surface area contributed by atoms with Gasteiger partial charge in [-0.3, -0.25) is 0 Å². The lowest BCUT2D eigenvalue weighted by Crippen LogP contribution is -2.15. The molecule has 0 heterocycles. The summed E-state index contributed by atoms with van der Waals surface area (Å²) in [5.74, 6) is 0. The van der Waals surface area contributed by atoms with Gasteiger partial charge in [0.2, 0.25) is 0 Å². The zero-order valence-corrected chi connectivity index (χ0v) is 13.2. The van der Waals surface area contributed by atoms with E-state index in [4.69, 9.17) is 0 Å². The highest BCUT2D eigenvalue weighted by molar-refractivity contribution is 5.70. The summed E-state index contributed by atoms with van der Waals surface area (Å²) in [6, 6.07) is 19.9. The first-order valence-corrected chi connectivity index (χ1v) is 8.02. The normalized spacial score (nSPS) is 13.1. The molecule has 2 heteroatoms. The molecule has 2 rings (SSSR count). The summed E-state index contributed by atoms with van der Waals surface area (Å²) in [7, 11) is 0. The van der Waals surface area contributed by atoms with Crippen molar-refractivity contribution in [1.29, 1.82) is 0 Å². The third-order valence-corrected chi connectivity index (χ3v) is 3.69. The molecule has 0 fully saturated rings. The second-order valence-corrected chi connectivity index (χ2v) is 5.40. The van der Waals surface area contributed by atoms with Gasteiger partial charge in [0, 0.05) is 6.54 Å². The monoisotopic (exact) mass is 295 g/mol. The third kappa shape index (κ3) is 4.83. The zero-order chi connectivity index (χ0) is 15.6. The highest BCUT2D eigenvalue weighted by Gasteiger charge is 2.14. The van der Waals surface area contributed by atoms with E-state index in [1.807, 2.05) is 60.7 Å². The number of hydrogen-bond donors (Lipinski definition) is 2. The van der Waals surface area contributed by atoms with E-state index >= 15 is 0 Å². The highest BCUT2D eigenvalue weighted by atomic mass is 16.3. The van der Waals surface area contributed by atoms with E-state index in [2.05, 4.69) is 18.3 Å². The molecule has 0 saturated carbocycles. The molecule has 0 aliphatic heterocycles. The Hall–Kier alpha value is -1.90. The number of rotatable bonds is 8. The fraction of sp³-hybridized carbons (Fsp3) is 0.300. The maximum absolute atomic E-state index is 10.7. The largest absolute Gasteiger partial charge is 0.384 e. The Kier molecular flexibility index (Phi) is 6.88. The summed E-state index contributed by atoms with van der Waals surface area (Å²) in [5, 5.41) is 14.1. The van der Waals surface area contributed by atoms with Gasteiger partial charge in [0.15, 0.2) is 0 Å². The van der Waals surface area contributed by atoms with Crippen LogP contribution in [0.5, 0.6) is 0 Å². The van der Waals surface area contributed by atoms with Crippen molar-refractivity contribution in [3.8, 4) is 0 Å². The Morgan fingerprint density at radius 3 is 2.32 bits per heavy atom. The molecular weight excluding hydrogens is 270 g/mol. The van der Waals surface area contributed by atoms with Crippen molar-refractivity contribution in [2.45, 2.75) is 25.9 Å². The van der Waals surface area contributed by atoms with Crippen LogP contribution in [0.3, 0.4) is 0 Å². The van der Waals surface area contributed by atoms with Crippen LogP contribution in [0.2, 0.25) is 0 Å². The predicted octanol–water partition coefficient (Wildman–Crippen LogP) is 4.19. The van der Waals surface area contributed by atoms with E-state index in [1.165, 1.54) is 12.8 Å². The summed E-state index contributed by atoms with van der Waals surface area (Å²) in [6.45, 7) is 3.97. The predicted molar refractivity (Wildman–Crippen MR) is 93.6 cm³/mol. The smallest absolute Gasteiger partial charge is 0.104 e. The van der Waals surface area contributed by atoms with Crippen molar-refractivity contribution < 1.29 is 5.11 Å². The molecule has 0 aromatic heterocycles. The van der Waals surface area contributed by atoms with Crippen molar-refractivity contribution in [1.82, 2.24) is 5.32 Å². The number of nitrogens with one attached hydrogen (secondary N) is 1. The van der Waals surface area contributed by atoms with Crippen LogP contribution in [-0.4, -0.2) is 18.2 Å². The molecule has 0 aliphatic rings. The van der Waals surface area contributed by atoms with Crippen molar-refractivity contribution in [3.63, 3.8) is 0 Å². The third-order valence-electron chi connectivity index (χ3n) is 3.69. The molecule has 2 aromatic rings. The van der Waals surface area contributed by atoms with Gasteiger partial charge < -0.3 is 10.4 Å². The standard InChI is InChI=1S/C20H25NO/c1-2-3-15-21-16-14-19(17-10-6-4-7-11-17)20(22)18-12-8-5-9-13-18/h4-14,20-22H,2-3,15-16H2,1H3. The molecule has 0 spiro atoms. The van der Waals surface area contributed by atoms with Gasteiger partial charge in [-0.25, -0.2) is 0 Å². The molecular formula is C20H25NO. The highest BCUT2D eigenvalue weighted by Crippen LogP contribution is 2.29. The fourth-order valence-electron chi connectivity index (χ4n) is 2.42. The molecule has 116 valence electrons. The molecule has 0 aliphatic carbocycles. The summed E-state index contributed by atoms with van der Waals surface area (Å²) in [4.78, 5) is 0. The first-order chi connectivity index (χ1) is 10.8. The van der Waals surface area contributed by atoms with Gasteiger partial charge in [-0.1, -0.05) is 80.1 Å². The van der Waals surface area contributed by atoms with Gasteiger partial charge in [-0.2, -0.15) is 0 Å². The molecule has 2 N–H and O–H groups in total. The topological polar surface area (TPSA) is 32.3 Å². The molecule has 22 heavy (non-hydrogen) atoms. The van der Waals surface area contributed by atoms with E-state index in [0.717, 1.165) is 29.8 Å². The van der Waals surface area contributed by atoms with Crippen LogP contribution >= 0.6 is 0 Å². The van der Waals surface area contributed by atoms with Crippen LogP contribution in [0, 0.1) is 0 Å². The second-order valence-electron chi connectivity index (χ2n) is 5.40. The molecule has 2 aromatic carbocycles. The number of hydrogen-bond acceptors (Lipinski definition) is 2. The van der Waals surface area contributed by atoms with E-state index in [9.17, 15) is 5.11 Å². The number of benzene rings is 2. The van der Waals surface area contributed by atoms with E-state index < -0.39 is 6.10 Å². The molecule has 1 atom stereocenters. The minimum atomic E-state index is -0.600. The van der Waals surface area contributed by atoms with Crippen LogP contribution in [0.1, 0.15) is 37.0 Å². The summed E-state index contributed by atoms with van der Waals surface area (Å²) < 4.78 is 0. The van der Waals surface area contributed by atoms with Gasteiger partial charge in [0.1, 0.15) is 6.10 Å². The van der Waals surface area contributed by atoms with Crippen molar-refractivity contribution >= 4 is 5.57 Å². The van der Waals surface area contributed by atoms with Gasteiger partial charge in [-0.15, -0.1) is 0 Å². The lowest BCUT2D eigenvalue weighted by atomic mass is 9.95. The SMILES string of the molecule is CCCCNCC=C(c1ccccc1)C(O)c1ccccc1. The van der Waals surface area contributed by atoms with Crippen LogP contribution in [0.25, 0.3) is 5.57 Å². The Morgan fingerprint density at radius 1 is 1.05 bits per heavy atom. The van der Waals surface area contributed by atoms with Gasteiger partial charge >= 0.3 is 0 Å². The van der Waals surface area contributed by atoms with E-state index in [1.54, 1.807) is 0 Å². The Bertz CT molecular complexity index is 563. The molecule has 0 saturated heterocycles. The van der Waals surface area contributed by atoms with Gasteiger partial charge in [0.05, 0.1) is 0 Å². The molecule has 0 amide bonds. The average Bonchev–Trinajstić information content (AvgIpc) is 2.59. The molecule has 0 radical (unpaired) electrons. The Labute approximate surface area is 133 Å². The summed E-state index contributed by atoms with van der Waals surface area (Å²) >= 11 is 0. The fourth-order valence-corrected chi connectivity index (χ4v) is 2.42. The maximum Gasteiger partial charge on any atom is 0.104 e. The Balaban J connectivity index is 2.16. The Morgan fingerprint density at radius 2 is 1.68 bits per heavy atom. The van der Waals surface area contributed by atoms with Crippen molar-refractivity contribution in [2.24, 2.45) is 0 Å². The molecule has 0 bridgehead atoms. The van der Waals surface area contributed by atoms with Gasteiger partial charge in [0.25, 0.3) is 0 Å². The summed E-state index contributed by atoms with van der Waals surface area (Å²) in [6.07, 6.45) is 3.87. The summed E-state index contributed by atoms with van der Waals surface area (Å²) in [5.41, 5.74) is 2.94. The van der Waals surface area contributed by atoms with Crippen LogP contribution in [-0.2, 0) is 0 Å². The number of unbranched alkanes of at least 4 members (excludes halogenated alkanes) is 1. The van der Waals surface area contributed by atoms with Gasteiger partial charge in [-0.05, 0) is 29.7 Å². The van der Waals surface area contributed by atoms with Crippen LogP contribution in [0.15, 0.2) is 66.7 Å². The molecule has 2 nitrogen and oxygen atoms in total. The minimum Gasteiger partial charge on any atom is -0.384 e. The van der Waals surface area contributed by atoms with Crippen LogP contribution < -0.4 is 5.32 Å². The lowest BCUT2D eigenvalue weighted by molar-refractivity contribution is 0.238. The van der Waals surface area contributed by atoms with Crippen LogP contribution in [0.4, 0.5) is 0 Å². The second kappa shape index (κ2) is 9.19. The molecule has 1 unspecified atom stereocenters. The average molecular weight is 295 g/mol. The quantitative estimate of drug-likeness (QED) is 0.716. The van der Waals surface area contributed by atoms with Crippen molar-refractivity contribution in [2.75, 3.05) is 13.1 Å². The number of aliphatic hydroxyl groups excluding tert-OH is 1.